The number of benzene rings is 2. The zero-order chi connectivity index (χ0) is 29.0. The maximum Gasteiger partial charge on any atom is 0.407 e. The molecule has 2 unspecified atom stereocenters. The van der Waals surface area contributed by atoms with Crippen molar-refractivity contribution in [3.63, 3.8) is 0 Å². The molecule has 2 rings (SSSR count). The van der Waals surface area contributed by atoms with Crippen molar-refractivity contribution in [2.75, 3.05) is 26.8 Å². The second-order valence-corrected chi connectivity index (χ2v) is 9.25. The fourth-order valence-electron chi connectivity index (χ4n) is 3.94. The Kier molecular flexibility index (Phi) is 17.3. The number of ketones is 1. The molecule has 0 aliphatic carbocycles. The number of Topliss-reactive ketones (excluding diaryl/α,β-unsaturated/α-hetero) is 1. The number of rotatable bonds is 17. The Morgan fingerprint density at radius 2 is 1.56 bits per heavy atom. The molecule has 0 spiro atoms. The monoisotopic (exact) mass is 544 g/mol. The molecule has 0 aliphatic rings. The summed E-state index contributed by atoms with van der Waals surface area (Å²) in [5.41, 5.74) is 0.978. The van der Waals surface area contributed by atoms with Crippen LogP contribution in [0.15, 0.2) is 54.6 Å². The molecular weight excluding hydrogens is 496 g/mol. The van der Waals surface area contributed by atoms with Crippen molar-refractivity contribution in [2.45, 2.75) is 78.9 Å². The summed E-state index contributed by atoms with van der Waals surface area (Å²) in [5, 5.41) is 15.9. The summed E-state index contributed by atoms with van der Waals surface area (Å²) in [6, 6.07) is 16.4. The molecule has 2 aromatic rings. The minimum Gasteiger partial charge on any atom is -0.497 e. The summed E-state index contributed by atoms with van der Waals surface area (Å²) in [6.07, 6.45) is 1.65. The molecule has 8 heteroatoms. The molecule has 39 heavy (non-hydrogen) atoms. The van der Waals surface area contributed by atoms with Gasteiger partial charge in [-0.3, -0.25) is 0 Å². The highest BCUT2D eigenvalue weighted by molar-refractivity contribution is 5.75. The van der Waals surface area contributed by atoms with Gasteiger partial charge in [0.05, 0.1) is 32.4 Å². The van der Waals surface area contributed by atoms with E-state index >= 15 is 0 Å². The van der Waals surface area contributed by atoms with Crippen LogP contribution >= 0.6 is 0 Å². The number of aliphatic hydroxyl groups excluding tert-OH is 1. The normalized spacial score (nSPS) is 12.2. The second-order valence-electron chi connectivity index (χ2n) is 9.25. The minimum absolute atomic E-state index is 0.0517. The van der Waals surface area contributed by atoms with Crippen LogP contribution in [0.25, 0.3) is 0 Å². The van der Waals surface area contributed by atoms with Crippen LogP contribution in [-0.2, 0) is 16.0 Å². The van der Waals surface area contributed by atoms with Gasteiger partial charge in [-0.25, -0.2) is 4.79 Å². The number of amides is 1. The third-order valence-corrected chi connectivity index (χ3v) is 6.27. The Labute approximate surface area is 234 Å². The van der Waals surface area contributed by atoms with Crippen molar-refractivity contribution >= 4 is 11.9 Å². The van der Waals surface area contributed by atoms with Crippen LogP contribution in [0.5, 0.6) is 11.5 Å². The number of carbonyl (C=O) groups excluding carboxylic acids is 2. The number of nitrogens with zero attached hydrogens (tertiary/aromatic N) is 1. The van der Waals surface area contributed by atoms with E-state index in [4.69, 9.17) is 14.3 Å². The van der Waals surface area contributed by atoms with Gasteiger partial charge in [0.2, 0.25) is 0 Å². The van der Waals surface area contributed by atoms with Gasteiger partial charge in [0.1, 0.15) is 17.3 Å². The molecule has 0 heterocycles. The molecular formula is C31H48N2O6. The van der Waals surface area contributed by atoms with Crippen LogP contribution in [0.1, 0.15) is 65.9 Å². The Morgan fingerprint density at radius 3 is 2.13 bits per heavy atom. The average molecular weight is 545 g/mol. The Balaban J connectivity index is 0.00000371. The van der Waals surface area contributed by atoms with Crippen molar-refractivity contribution in [1.82, 2.24) is 10.4 Å². The zero-order valence-electron chi connectivity index (χ0n) is 24.5. The molecule has 0 saturated heterocycles. The Bertz CT molecular complexity index is 918. The molecule has 1 amide bonds. The molecule has 0 saturated carbocycles. The lowest BCUT2D eigenvalue weighted by atomic mass is 10.00. The first-order valence-electron chi connectivity index (χ1n) is 14.1. The molecule has 2 N–H and O–H groups in total. The van der Waals surface area contributed by atoms with Gasteiger partial charge in [-0.1, -0.05) is 70.9 Å². The fourth-order valence-corrected chi connectivity index (χ4v) is 3.94. The molecule has 0 aliphatic heterocycles. The number of hydroxylamine groups is 2. The SMILES string of the molecule is CC.CCC(CC)CN(CC(O)C(Cc1ccccc1)NC(=O)OCCCC(C)=O)Oc1ccc(OC)cc1. The van der Waals surface area contributed by atoms with E-state index in [1.807, 2.05) is 68.4 Å². The Morgan fingerprint density at radius 1 is 0.949 bits per heavy atom. The van der Waals surface area contributed by atoms with Crippen LogP contribution in [0, 0.1) is 5.92 Å². The van der Waals surface area contributed by atoms with Crippen LogP contribution in [-0.4, -0.2) is 61.0 Å². The zero-order valence-corrected chi connectivity index (χ0v) is 24.5. The summed E-state index contributed by atoms with van der Waals surface area (Å²) >= 11 is 0. The van der Waals surface area contributed by atoms with Crippen LogP contribution < -0.4 is 14.9 Å². The maximum atomic E-state index is 12.5. The number of nitrogens with one attached hydrogen (secondary N) is 1. The lowest BCUT2D eigenvalue weighted by Crippen LogP contribution is -2.51. The highest BCUT2D eigenvalue weighted by Gasteiger charge is 2.26. The van der Waals surface area contributed by atoms with E-state index in [2.05, 4.69) is 19.2 Å². The highest BCUT2D eigenvalue weighted by Crippen LogP contribution is 2.20. The van der Waals surface area contributed by atoms with E-state index in [1.165, 1.54) is 6.92 Å². The maximum absolute atomic E-state index is 12.5. The van der Waals surface area contributed by atoms with E-state index in [9.17, 15) is 14.7 Å². The Hall–Kier alpha value is -3.10. The lowest BCUT2D eigenvalue weighted by Gasteiger charge is -2.31. The summed E-state index contributed by atoms with van der Waals surface area (Å²) in [5.74, 6) is 1.80. The first-order chi connectivity index (χ1) is 18.8. The standard InChI is InChI=1S/C29H42N2O6.C2H6/c1-5-23(6-2)20-31(37-26-16-14-25(35-4)15-17-26)21-28(33)27(19-24-12-8-7-9-13-24)30-29(34)36-18-10-11-22(3)32;1-2/h7-9,12-17,23,27-28,33H,5-6,10-11,18-21H2,1-4H3,(H,30,34);1-2H3. The molecule has 0 bridgehead atoms. The van der Waals surface area contributed by atoms with E-state index in [0.717, 1.165) is 24.2 Å². The van der Waals surface area contributed by atoms with Crippen molar-refractivity contribution in [3.8, 4) is 11.5 Å². The fraction of sp³-hybridized carbons (Fsp3) is 0.548. The number of hydrogen-bond acceptors (Lipinski definition) is 7. The first-order valence-corrected chi connectivity index (χ1v) is 14.1. The largest absolute Gasteiger partial charge is 0.497 e. The topological polar surface area (TPSA) is 97.3 Å². The van der Waals surface area contributed by atoms with Gasteiger partial charge in [-0.2, -0.15) is 0 Å². The van der Waals surface area contributed by atoms with Crippen molar-refractivity contribution in [3.05, 3.63) is 60.2 Å². The average Bonchev–Trinajstić information content (AvgIpc) is 2.95. The lowest BCUT2D eigenvalue weighted by molar-refractivity contribution is -0.117. The van der Waals surface area contributed by atoms with E-state index in [0.29, 0.717) is 37.5 Å². The third kappa shape index (κ3) is 14.0. The van der Waals surface area contributed by atoms with E-state index in [1.54, 1.807) is 12.2 Å². The molecule has 0 fully saturated rings. The predicted octanol–water partition coefficient (Wildman–Crippen LogP) is 5.82. The van der Waals surface area contributed by atoms with Crippen LogP contribution in [0.3, 0.4) is 0 Å². The number of aliphatic hydroxyl groups is 1. The number of carbonyl (C=O) groups is 2. The molecule has 8 nitrogen and oxygen atoms in total. The van der Waals surface area contributed by atoms with Crippen molar-refractivity contribution in [2.24, 2.45) is 5.92 Å². The quantitative estimate of drug-likeness (QED) is 0.191. The summed E-state index contributed by atoms with van der Waals surface area (Å²) < 4.78 is 10.5. The van der Waals surface area contributed by atoms with E-state index in [-0.39, 0.29) is 18.9 Å². The van der Waals surface area contributed by atoms with Gasteiger partial charge < -0.3 is 29.5 Å². The molecule has 2 atom stereocenters. The van der Waals surface area contributed by atoms with Gasteiger partial charge in [0.25, 0.3) is 0 Å². The van der Waals surface area contributed by atoms with Gasteiger partial charge in [0.15, 0.2) is 0 Å². The highest BCUT2D eigenvalue weighted by atomic mass is 16.7. The second kappa shape index (κ2) is 19.9. The summed E-state index contributed by atoms with van der Waals surface area (Å²) in [6.45, 7) is 10.7. The number of alkyl carbamates (subject to hydrolysis) is 1. The third-order valence-electron chi connectivity index (χ3n) is 6.27. The molecule has 218 valence electrons. The number of hydrogen-bond donors (Lipinski definition) is 2. The van der Waals surface area contributed by atoms with Crippen LogP contribution in [0.4, 0.5) is 4.79 Å². The predicted molar refractivity (Wildman–Crippen MR) is 155 cm³/mol. The number of ether oxygens (including phenoxy) is 2. The molecule has 0 radical (unpaired) electrons. The summed E-state index contributed by atoms with van der Waals surface area (Å²) in [7, 11) is 1.61. The van der Waals surface area contributed by atoms with Gasteiger partial charge in [0, 0.05) is 13.0 Å². The summed E-state index contributed by atoms with van der Waals surface area (Å²) in [4.78, 5) is 29.8. The van der Waals surface area contributed by atoms with Crippen molar-refractivity contribution < 1.29 is 29.0 Å². The molecule has 2 aromatic carbocycles. The van der Waals surface area contributed by atoms with Crippen molar-refractivity contribution in [1.29, 1.82) is 0 Å². The van der Waals surface area contributed by atoms with Gasteiger partial charge >= 0.3 is 6.09 Å². The first kappa shape index (κ1) is 33.9. The smallest absolute Gasteiger partial charge is 0.407 e. The number of methoxy groups -OCH3 is 1. The van der Waals surface area contributed by atoms with Gasteiger partial charge in [-0.05, 0) is 55.5 Å². The van der Waals surface area contributed by atoms with Gasteiger partial charge in [-0.15, -0.1) is 5.06 Å². The van der Waals surface area contributed by atoms with E-state index < -0.39 is 18.2 Å². The van der Waals surface area contributed by atoms with Crippen LogP contribution in [0.2, 0.25) is 0 Å². The minimum atomic E-state index is -0.933. The molecule has 0 aromatic heterocycles.